The summed E-state index contributed by atoms with van der Waals surface area (Å²) in [6.45, 7) is 7.99. The van der Waals surface area contributed by atoms with Gasteiger partial charge in [-0.05, 0) is 43.7 Å². The summed E-state index contributed by atoms with van der Waals surface area (Å²) >= 11 is 0. The second kappa shape index (κ2) is 10.0. The number of ether oxygens (including phenoxy) is 3. The van der Waals surface area contributed by atoms with Gasteiger partial charge in [0.15, 0.2) is 11.5 Å². The molecule has 0 N–H and O–H groups in total. The van der Waals surface area contributed by atoms with Gasteiger partial charge in [0, 0.05) is 31.7 Å². The van der Waals surface area contributed by atoms with Crippen LogP contribution in [-0.2, 0) is 0 Å². The van der Waals surface area contributed by atoms with Gasteiger partial charge < -0.3 is 24.0 Å². The molecule has 0 atom stereocenters. The van der Waals surface area contributed by atoms with Crippen LogP contribution in [0.1, 0.15) is 30.6 Å². The largest absolute Gasteiger partial charge is 0.495 e. The number of hydrogen-bond donors (Lipinski definition) is 0. The average molecular weight is 399 g/mol. The predicted molar refractivity (Wildman–Crippen MR) is 115 cm³/mol. The minimum absolute atomic E-state index is 0.0210. The quantitative estimate of drug-likeness (QED) is 0.676. The molecule has 1 heterocycles. The number of carbonyl (C=O) groups excluding carboxylic acids is 1. The summed E-state index contributed by atoms with van der Waals surface area (Å²) in [5.41, 5.74) is 1.70. The lowest BCUT2D eigenvalue weighted by Gasteiger charge is -2.36. The maximum absolute atomic E-state index is 13.0. The molecule has 0 aliphatic carbocycles. The van der Waals surface area contributed by atoms with Crippen molar-refractivity contribution >= 4 is 11.6 Å². The highest BCUT2D eigenvalue weighted by molar-refractivity contribution is 5.95. The third-order valence-corrected chi connectivity index (χ3v) is 4.94. The number of hydrogen-bond acceptors (Lipinski definition) is 5. The van der Waals surface area contributed by atoms with Gasteiger partial charge in [0.25, 0.3) is 5.91 Å². The molecule has 6 nitrogen and oxygen atoms in total. The van der Waals surface area contributed by atoms with Gasteiger partial charge in [0.05, 0.1) is 26.0 Å². The Kier molecular flexibility index (Phi) is 7.22. The monoisotopic (exact) mass is 398 g/mol. The predicted octanol–water partition coefficient (Wildman–Crippen LogP) is 3.85. The molecule has 0 radical (unpaired) electrons. The maximum atomic E-state index is 13.0. The first-order chi connectivity index (χ1) is 14.2. The third-order valence-electron chi connectivity index (χ3n) is 4.94. The molecule has 0 aromatic heterocycles. The molecule has 1 fully saturated rings. The minimum Gasteiger partial charge on any atom is -0.495 e. The van der Waals surface area contributed by atoms with Gasteiger partial charge >= 0.3 is 0 Å². The molecule has 29 heavy (non-hydrogen) atoms. The number of benzene rings is 2. The van der Waals surface area contributed by atoms with Crippen LogP contribution in [0.15, 0.2) is 42.5 Å². The van der Waals surface area contributed by atoms with Crippen molar-refractivity contribution in [2.45, 2.75) is 20.3 Å². The van der Waals surface area contributed by atoms with Crippen LogP contribution in [0.5, 0.6) is 17.2 Å². The lowest BCUT2D eigenvalue weighted by Crippen LogP contribution is -2.48. The summed E-state index contributed by atoms with van der Waals surface area (Å²) in [7, 11) is 1.68. The second-order valence-electron chi connectivity index (χ2n) is 6.89. The van der Waals surface area contributed by atoms with Crippen molar-refractivity contribution in [1.29, 1.82) is 0 Å². The molecule has 3 rings (SSSR count). The van der Waals surface area contributed by atoms with E-state index in [1.807, 2.05) is 42.2 Å². The summed E-state index contributed by atoms with van der Waals surface area (Å²) in [5.74, 6) is 2.19. The SMILES string of the molecule is CCCOc1ccc(C(=O)N2CCN(c3ccccc3OC)CC2)cc1OCC. The number of amides is 1. The molecule has 0 bridgehead atoms. The van der Waals surface area contributed by atoms with Crippen LogP contribution in [0.4, 0.5) is 5.69 Å². The normalized spacial score (nSPS) is 13.9. The molecule has 1 aliphatic rings. The van der Waals surface area contributed by atoms with Crippen LogP contribution in [0.2, 0.25) is 0 Å². The Hall–Kier alpha value is -2.89. The first kappa shape index (κ1) is 20.8. The van der Waals surface area contributed by atoms with Gasteiger partial charge in [-0.1, -0.05) is 19.1 Å². The summed E-state index contributed by atoms with van der Waals surface area (Å²) in [5, 5.41) is 0. The zero-order chi connectivity index (χ0) is 20.6. The number of methoxy groups -OCH3 is 1. The third kappa shape index (κ3) is 4.94. The molecule has 0 spiro atoms. The molecule has 1 amide bonds. The number of anilines is 1. The van der Waals surface area contributed by atoms with E-state index >= 15 is 0 Å². The van der Waals surface area contributed by atoms with Crippen molar-refractivity contribution in [2.75, 3.05) is 51.4 Å². The Labute approximate surface area is 173 Å². The van der Waals surface area contributed by atoms with Crippen LogP contribution in [0, 0.1) is 0 Å². The first-order valence-corrected chi connectivity index (χ1v) is 10.2. The zero-order valence-electron chi connectivity index (χ0n) is 17.5. The Bertz CT molecular complexity index is 816. The van der Waals surface area contributed by atoms with E-state index in [0.29, 0.717) is 43.4 Å². The highest BCUT2D eigenvalue weighted by atomic mass is 16.5. The van der Waals surface area contributed by atoms with Crippen LogP contribution >= 0.6 is 0 Å². The second-order valence-corrected chi connectivity index (χ2v) is 6.89. The number of carbonyl (C=O) groups is 1. The Balaban J connectivity index is 1.68. The van der Waals surface area contributed by atoms with Crippen LogP contribution in [-0.4, -0.2) is 57.3 Å². The molecular formula is C23H30N2O4. The Morgan fingerprint density at radius 3 is 2.38 bits per heavy atom. The van der Waals surface area contributed by atoms with Crippen molar-refractivity contribution in [2.24, 2.45) is 0 Å². The fraction of sp³-hybridized carbons (Fsp3) is 0.435. The van der Waals surface area contributed by atoms with E-state index in [2.05, 4.69) is 17.9 Å². The van der Waals surface area contributed by atoms with E-state index < -0.39 is 0 Å². The molecular weight excluding hydrogens is 368 g/mol. The summed E-state index contributed by atoms with van der Waals surface area (Å²) < 4.78 is 16.9. The molecule has 0 unspecified atom stereocenters. The lowest BCUT2D eigenvalue weighted by molar-refractivity contribution is 0.0746. The highest BCUT2D eigenvalue weighted by Crippen LogP contribution is 2.31. The van der Waals surface area contributed by atoms with Gasteiger partial charge in [0.1, 0.15) is 5.75 Å². The molecule has 1 aliphatic heterocycles. The number of para-hydroxylation sites is 2. The summed E-state index contributed by atoms with van der Waals surface area (Å²) in [6, 6.07) is 13.4. The molecule has 0 saturated carbocycles. The molecule has 2 aromatic carbocycles. The summed E-state index contributed by atoms with van der Waals surface area (Å²) in [4.78, 5) is 17.2. The molecule has 2 aromatic rings. The van der Waals surface area contributed by atoms with Crippen LogP contribution in [0.25, 0.3) is 0 Å². The molecule has 1 saturated heterocycles. The van der Waals surface area contributed by atoms with E-state index in [9.17, 15) is 4.79 Å². The van der Waals surface area contributed by atoms with Gasteiger partial charge in [-0.15, -0.1) is 0 Å². The molecule has 6 heteroatoms. The first-order valence-electron chi connectivity index (χ1n) is 10.2. The van der Waals surface area contributed by atoms with Crippen LogP contribution in [0.3, 0.4) is 0 Å². The van der Waals surface area contributed by atoms with Gasteiger partial charge in [0.2, 0.25) is 0 Å². The highest BCUT2D eigenvalue weighted by Gasteiger charge is 2.24. The van der Waals surface area contributed by atoms with Crippen molar-refractivity contribution in [3.63, 3.8) is 0 Å². The zero-order valence-corrected chi connectivity index (χ0v) is 17.5. The molecule has 156 valence electrons. The smallest absolute Gasteiger partial charge is 0.254 e. The van der Waals surface area contributed by atoms with Crippen molar-refractivity contribution in [1.82, 2.24) is 4.90 Å². The van der Waals surface area contributed by atoms with E-state index in [1.165, 1.54) is 0 Å². The topological polar surface area (TPSA) is 51.2 Å². The fourth-order valence-electron chi connectivity index (χ4n) is 3.46. The van der Waals surface area contributed by atoms with Crippen molar-refractivity contribution in [3.05, 3.63) is 48.0 Å². The fourth-order valence-corrected chi connectivity index (χ4v) is 3.46. The standard InChI is InChI=1S/C23H30N2O4/c1-4-16-29-21-11-10-18(17-22(21)28-5-2)23(26)25-14-12-24(13-15-25)19-8-6-7-9-20(19)27-3/h6-11,17H,4-5,12-16H2,1-3H3. The van der Waals surface area contributed by atoms with E-state index in [4.69, 9.17) is 14.2 Å². The van der Waals surface area contributed by atoms with Crippen molar-refractivity contribution in [3.8, 4) is 17.2 Å². The summed E-state index contributed by atoms with van der Waals surface area (Å²) in [6.07, 6.45) is 0.919. The average Bonchev–Trinajstić information content (AvgIpc) is 2.78. The lowest BCUT2D eigenvalue weighted by atomic mass is 10.1. The van der Waals surface area contributed by atoms with Gasteiger partial charge in [-0.3, -0.25) is 4.79 Å². The number of piperazine rings is 1. The van der Waals surface area contributed by atoms with Gasteiger partial charge in [-0.2, -0.15) is 0 Å². The van der Waals surface area contributed by atoms with E-state index in [1.54, 1.807) is 13.2 Å². The van der Waals surface area contributed by atoms with E-state index in [0.717, 1.165) is 30.9 Å². The van der Waals surface area contributed by atoms with E-state index in [-0.39, 0.29) is 5.91 Å². The Morgan fingerprint density at radius 2 is 1.69 bits per heavy atom. The maximum Gasteiger partial charge on any atom is 0.254 e. The minimum atomic E-state index is 0.0210. The number of rotatable bonds is 8. The van der Waals surface area contributed by atoms with Gasteiger partial charge in [-0.25, -0.2) is 0 Å². The van der Waals surface area contributed by atoms with Crippen LogP contribution < -0.4 is 19.1 Å². The number of nitrogens with zero attached hydrogens (tertiary/aromatic N) is 2. The Morgan fingerprint density at radius 1 is 0.931 bits per heavy atom. The van der Waals surface area contributed by atoms with Crippen molar-refractivity contribution < 1.29 is 19.0 Å².